The lowest BCUT2D eigenvalue weighted by atomic mass is 9.46. The third kappa shape index (κ3) is 3.11. The maximum atomic E-state index is 11.9. The van der Waals surface area contributed by atoms with E-state index in [4.69, 9.17) is 15.2 Å². The van der Waals surface area contributed by atoms with Gasteiger partial charge in [-0.2, -0.15) is 0 Å². The molecule has 1 aliphatic heterocycles. The summed E-state index contributed by atoms with van der Waals surface area (Å²) in [6.07, 6.45) is 5.12. The molecule has 1 aromatic heterocycles. The summed E-state index contributed by atoms with van der Waals surface area (Å²) in [4.78, 5) is 18.8. The van der Waals surface area contributed by atoms with Crippen molar-refractivity contribution in [2.75, 3.05) is 12.3 Å². The average molecular weight is 388 g/mol. The number of H-pyrrole nitrogens is 1. The van der Waals surface area contributed by atoms with Crippen molar-refractivity contribution in [3.05, 3.63) is 34.3 Å². The number of nitrogen functional groups attached to an aromatic ring is 1. The van der Waals surface area contributed by atoms with E-state index in [9.17, 15) is 4.79 Å². The molecule has 2 saturated carbocycles. The number of nitrogens with two attached hydrogens (primary N) is 1. The fraction of sp³-hybridized carbons (Fsp3) is 0.727. The van der Waals surface area contributed by atoms with Crippen LogP contribution < -0.4 is 11.3 Å². The van der Waals surface area contributed by atoms with E-state index in [2.05, 4.69) is 30.4 Å². The lowest BCUT2D eigenvalue weighted by molar-refractivity contribution is -0.344. The molecule has 0 spiro atoms. The van der Waals surface area contributed by atoms with E-state index in [0.29, 0.717) is 12.3 Å². The molecule has 28 heavy (non-hydrogen) atoms. The molecule has 0 radical (unpaired) electrons. The Labute approximate surface area is 166 Å². The SMILES string of the molecule is C=C1CC[C@@H]2[C@]3(C)COC(C)(C)O[C@@H]3CC[C@@]2(C)[C@@H]1Cc1cc(=O)[nH]c(N)n1. The first-order chi connectivity index (χ1) is 13.0. The number of rotatable bonds is 2. The number of hydrogen-bond donors (Lipinski definition) is 2. The van der Waals surface area contributed by atoms with Crippen LogP contribution in [0.3, 0.4) is 0 Å². The normalized spacial score (nSPS) is 39.9. The Hall–Kier alpha value is -1.66. The van der Waals surface area contributed by atoms with Gasteiger partial charge < -0.3 is 15.2 Å². The first-order valence-electron chi connectivity index (χ1n) is 10.4. The van der Waals surface area contributed by atoms with Gasteiger partial charge in [-0.3, -0.25) is 9.78 Å². The minimum atomic E-state index is -0.512. The summed E-state index contributed by atoms with van der Waals surface area (Å²) in [7, 11) is 0. The van der Waals surface area contributed by atoms with Gasteiger partial charge in [0.2, 0.25) is 5.95 Å². The largest absolute Gasteiger partial charge is 0.369 e. The molecule has 3 N–H and O–H groups in total. The lowest BCUT2D eigenvalue weighted by Gasteiger charge is -2.63. The summed E-state index contributed by atoms with van der Waals surface area (Å²) >= 11 is 0. The highest BCUT2D eigenvalue weighted by molar-refractivity contribution is 5.23. The molecule has 1 aromatic rings. The van der Waals surface area contributed by atoms with E-state index in [-0.39, 0.29) is 34.4 Å². The summed E-state index contributed by atoms with van der Waals surface area (Å²) < 4.78 is 12.5. The number of hydrogen-bond acceptors (Lipinski definition) is 5. The molecule has 0 unspecified atom stereocenters. The van der Waals surface area contributed by atoms with E-state index < -0.39 is 5.79 Å². The number of nitrogens with one attached hydrogen (secondary N) is 1. The number of fused-ring (bicyclic) bond motifs is 3. The van der Waals surface area contributed by atoms with Gasteiger partial charge in [-0.25, -0.2) is 4.98 Å². The van der Waals surface area contributed by atoms with Gasteiger partial charge in [-0.15, -0.1) is 0 Å². The van der Waals surface area contributed by atoms with Crippen molar-refractivity contribution in [1.29, 1.82) is 0 Å². The van der Waals surface area contributed by atoms with Gasteiger partial charge in [-0.1, -0.05) is 26.0 Å². The van der Waals surface area contributed by atoms with Crippen LogP contribution in [0, 0.1) is 22.7 Å². The molecule has 1 saturated heterocycles. The van der Waals surface area contributed by atoms with Gasteiger partial charge >= 0.3 is 0 Å². The molecular weight excluding hydrogens is 354 g/mol. The minimum Gasteiger partial charge on any atom is -0.369 e. The number of aromatic amines is 1. The highest BCUT2D eigenvalue weighted by atomic mass is 16.7. The monoisotopic (exact) mass is 387 g/mol. The molecule has 154 valence electrons. The van der Waals surface area contributed by atoms with Crippen molar-refractivity contribution in [2.24, 2.45) is 22.7 Å². The second-order valence-corrected chi connectivity index (χ2v) is 9.97. The van der Waals surface area contributed by atoms with E-state index in [0.717, 1.165) is 38.0 Å². The summed E-state index contributed by atoms with van der Waals surface area (Å²) in [5.74, 6) is 0.414. The third-order valence-electron chi connectivity index (χ3n) is 7.70. The van der Waals surface area contributed by atoms with Crippen LogP contribution in [0.25, 0.3) is 0 Å². The van der Waals surface area contributed by atoms with Crippen LogP contribution in [0.15, 0.2) is 23.0 Å². The van der Waals surface area contributed by atoms with Crippen molar-refractivity contribution in [3.8, 4) is 0 Å². The summed E-state index contributed by atoms with van der Waals surface area (Å²) in [6.45, 7) is 13.9. The van der Waals surface area contributed by atoms with Crippen LogP contribution in [0.1, 0.15) is 59.1 Å². The number of ether oxygens (including phenoxy) is 2. The zero-order chi connectivity index (χ0) is 20.3. The van der Waals surface area contributed by atoms with Gasteiger partial charge in [0.05, 0.1) is 18.4 Å². The van der Waals surface area contributed by atoms with Gasteiger partial charge in [0.25, 0.3) is 5.56 Å². The summed E-state index contributed by atoms with van der Waals surface area (Å²) in [5.41, 5.74) is 7.66. The van der Waals surface area contributed by atoms with Crippen molar-refractivity contribution in [3.63, 3.8) is 0 Å². The highest BCUT2D eigenvalue weighted by Gasteiger charge is 2.60. The minimum absolute atomic E-state index is 0.0118. The Morgan fingerprint density at radius 3 is 2.75 bits per heavy atom. The standard InChI is InChI=1S/C22H33N3O3/c1-13-6-7-16-21(4,15(13)10-14-11-18(26)25-19(23)24-14)9-8-17-22(16,5)12-27-20(2,3)28-17/h11,15-17H,1,6-10,12H2,2-5H3,(H3,23,24,25,26)/t15-,16+,17-,21+,22+/m1/s1. The van der Waals surface area contributed by atoms with E-state index in [1.165, 1.54) is 5.57 Å². The van der Waals surface area contributed by atoms with E-state index in [1.54, 1.807) is 6.07 Å². The van der Waals surface area contributed by atoms with Crippen LogP contribution in [-0.4, -0.2) is 28.5 Å². The Bertz CT molecular complexity index is 848. The molecule has 3 aliphatic rings. The zero-order valence-corrected chi connectivity index (χ0v) is 17.5. The molecule has 0 aromatic carbocycles. The van der Waals surface area contributed by atoms with Gasteiger partial charge in [-0.05, 0) is 63.2 Å². The van der Waals surface area contributed by atoms with Crippen LogP contribution >= 0.6 is 0 Å². The number of anilines is 1. The maximum Gasteiger partial charge on any atom is 0.252 e. The number of nitrogens with zero attached hydrogens (tertiary/aromatic N) is 1. The lowest BCUT2D eigenvalue weighted by Crippen LogP contribution is -2.63. The molecule has 2 heterocycles. The molecule has 4 rings (SSSR count). The predicted molar refractivity (Wildman–Crippen MR) is 109 cm³/mol. The first-order valence-corrected chi connectivity index (χ1v) is 10.4. The Morgan fingerprint density at radius 1 is 1.29 bits per heavy atom. The van der Waals surface area contributed by atoms with Crippen LogP contribution in [0.2, 0.25) is 0 Å². The fourth-order valence-corrected chi connectivity index (χ4v) is 6.28. The Kier molecular flexibility index (Phi) is 4.51. The van der Waals surface area contributed by atoms with Crippen molar-refractivity contribution in [2.45, 2.75) is 71.7 Å². The topological polar surface area (TPSA) is 90.2 Å². The molecule has 5 atom stereocenters. The quantitative estimate of drug-likeness (QED) is 0.759. The van der Waals surface area contributed by atoms with Crippen LogP contribution in [0.5, 0.6) is 0 Å². The van der Waals surface area contributed by atoms with E-state index >= 15 is 0 Å². The third-order valence-corrected chi connectivity index (χ3v) is 7.70. The first kappa shape index (κ1) is 19.6. The summed E-state index contributed by atoms with van der Waals surface area (Å²) in [6, 6.07) is 1.57. The number of aromatic nitrogens is 2. The van der Waals surface area contributed by atoms with Crippen molar-refractivity contribution >= 4 is 5.95 Å². The Balaban J connectivity index is 1.66. The summed E-state index contributed by atoms with van der Waals surface area (Å²) in [5, 5.41) is 0. The van der Waals surface area contributed by atoms with E-state index in [1.807, 2.05) is 13.8 Å². The fourth-order valence-electron chi connectivity index (χ4n) is 6.28. The number of allylic oxidation sites excluding steroid dienone is 1. The molecular formula is C22H33N3O3. The molecule has 0 amide bonds. The van der Waals surface area contributed by atoms with Crippen molar-refractivity contribution in [1.82, 2.24) is 9.97 Å². The van der Waals surface area contributed by atoms with Gasteiger partial charge in [0.1, 0.15) is 0 Å². The smallest absolute Gasteiger partial charge is 0.252 e. The average Bonchev–Trinajstić information content (AvgIpc) is 2.58. The van der Waals surface area contributed by atoms with Crippen LogP contribution in [-0.2, 0) is 15.9 Å². The molecule has 6 heteroatoms. The molecule has 2 aliphatic carbocycles. The zero-order valence-electron chi connectivity index (χ0n) is 17.5. The molecule has 6 nitrogen and oxygen atoms in total. The predicted octanol–water partition coefficient (Wildman–Crippen LogP) is 3.43. The van der Waals surface area contributed by atoms with Crippen molar-refractivity contribution < 1.29 is 9.47 Å². The highest BCUT2D eigenvalue weighted by Crippen LogP contribution is 2.63. The second-order valence-electron chi connectivity index (χ2n) is 9.97. The Morgan fingerprint density at radius 2 is 2.04 bits per heavy atom. The van der Waals surface area contributed by atoms with Gasteiger partial charge in [0, 0.05) is 11.5 Å². The maximum absolute atomic E-state index is 11.9. The molecule has 0 bridgehead atoms. The van der Waals surface area contributed by atoms with Gasteiger partial charge in [0.15, 0.2) is 5.79 Å². The molecule has 3 fully saturated rings. The second kappa shape index (κ2) is 6.42. The van der Waals surface area contributed by atoms with Crippen LogP contribution in [0.4, 0.5) is 5.95 Å².